The normalized spacial score (nSPS) is 21.9. The van der Waals surface area contributed by atoms with Crippen molar-refractivity contribution in [3.8, 4) is 5.75 Å². The molecule has 1 aromatic carbocycles. The summed E-state index contributed by atoms with van der Waals surface area (Å²) in [4.78, 5) is 0.545. The van der Waals surface area contributed by atoms with Crippen LogP contribution in [0.3, 0.4) is 0 Å². The van der Waals surface area contributed by atoms with Crippen LogP contribution >= 0.6 is 15.9 Å². The molecule has 1 aliphatic carbocycles. The third-order valence-corrected chi connectivity index (χ3v) is 3.91. The molecule has 0 amide bonds. The van der Waals surface area contributed by atoms with E-state index in [1.54, 1.807) is 7.11 Å². The summed E-state index contributed by atoms with van der Waals surface area (Å²) >= 11 is 3.71. The fourth-order valence-corrected chi connectivity index (χ4v) is 2.97. The zero-order chi connectivity index (χ0) is 10.8. The van der Waals surface area contributed by atoms with Crippen molar-refractivity contribution in [1.29, 1.82) is 0 Å². The minimum absolute atomic E-state index is 0.545. The lowest BCUT2D eigenvalue weighted by Crippen LogP contribution is -2.16. The summed E-state index contributed by atoms with van der Waals surface area (Å²) in [5.74, 6) is 1.62. The molecule has 1 nitrogen and oxygen atoms in total. The smallest absolute Gasteiger partial charge is 0.119 e. The van der Waals surface area contributed by atoms with E-state index >= 15 is 0 Å². The topological polar surface area (TPSA) is 9.23 Å². The molecule has 1 aromatic rings. The number of hydrogen-bond acceptors (Lipinski definition) is 1. The molecule has 2 unspecified atom stereocenters. The van der Waals surface area contributed by atoms with Crippen molar-refractivity contribution in [1.82, 2.24) is 0 Å². The molecule has 0 spiro atoms. The number of ether oxygens (including phenoxy) is 1. The number of rotatable bonds is 2. The van der Waals surface area contributed by atoms with Crippen LogP contribution < -0.4 is 4.74 Å². The lowest BCUT2D eigenvalue weighted by molar-refractivity contribution is 0.412. The van der Waals surface area contributed by atoms with Crippen LogP contribution in [0.5, 0.6) is 5.75 Å². The zero-order valence-electron chi connectivity index (χ0n) is 9.29. The van der Waals surface area contributed by atoms with E-state index in [1.807, 2.05) is 0 Å². The molecule has 0 heterocycles. The van der Waals surface area contributed by atoms with E-state index in [9.17, 15) is 0 Å². The molecule has 0 fully saturated rings. The number of halogens is 1. The van der Waals surface area contributed by atoms with Gasteiger partial charge in [0.2, 0.25) is 0 Å². The number of alkyl halides is 1. The fourth-order valence-electron chi connectivity index (χ4n) is 2.42. The minimum atomic E-state index is 0.545. The SMILES string of the molecule is COc1ccc2c(c1)C(C(C)Br)CCC2. The van der Waals surface area contributed by atoms with E-state index in [0.717, 1.165) is 5.75 Å². The van der Waals surface area contributed by atoms with Crippen molar-refractivity contribution in [2.24, 2.45) is 0 Å². The number of hydrogen-bond donors (Lipinski definition) is 0. The van der Waals surface area contributed by atoms with E-state index in [1.165, 1.54) is 30.4 Å². The molecule has 2 rings (SSSR count). The van der Waals surface area contributed by atoms with E-state index in [4.69, 9.17) is 4.74 Å². The van der Waals surface area contributed by atoms with Crippen molar-refractivity contribution < 1.29 is 4.74 Å². The van der Waals surface area contributed by atoms with Gasteiger partial charge in [-0.2, -0.15) is 0 Å². The summed E-state index contributed by atoms with van der Waals surface area (Å²) in [6, 6.07) is 6.49. The molecule has 0 bridgehead atoms. The molecule has 0 aromatic heterocycles. The third kappa shape index (κ3) is 2.20. The highest BCUT2D eigenvalue weighted by atomic mass is 79.9. The maximum atomic E-state index is 5.29. The molecule has 15 heavy (non-hydrogen) atoms. The van der Waals surface area contributed by atoms with E-state index in [0.29, 0.717) is 10.7 Å². The van der Waals surface area contributed by atoms with Gasteiger partial charge >= 0.3 is 0 Å². The number of fused-ring (bicyclic) bond motifs is 1. The maximum Gasteiger partial charge on any atom is 0.119 e. The lowest BCUT2D eigenvalue weighted by Gasteiger charge is -2.28. The molecule has 2 atom stereocenters. The van der Waals surface area contributed by atoms with Gasteiger partial charge < -0.3 is 4.74 Å². The molecule has 2 heteroatoms. The molecule has 0 saturated heterocycles. The quantitative estimate of drug-likeness (QED) is 0.740. The van der Waals surface area contributed by atoms with Crippen molar-refractivity contribution >= 4 is 15.9 Å². The second kappa shape index (κ2) is 4.56. The Bertz CT molecular complexity index is 346. The van der Waals surface area contributed by atoms with Gasteiger partial charge in [0, 0.05) is 4.83 Å². The molecular weight excluding hydrogens is 252 g/mol. The standard InChI is InChI=1S/C13H17BrO/c1-9(14)12-5-3-4-10-6-7-11(15-2)8-13(10)12/h6-9,12H,3-5H2,1-2H3. The van der Waals surface area contributed by atoms with E-state index in [-0.39, 0.29) is 0 Å². The Hall–Kier alpha value is -0.500. The van der Waals surface area contributed by atoms with Gasteiger partial charge in [-0.3, -0.25) is 0 Å². The van der Waals surface area contributed by atoms with Crippen molar-refractivity contribution in [3.05, 3.63) is 29.3 Å². The highest BCUT2D eigenvalue weighted by Gasteiger charge is 2.23. The Labute approximate surface area is 100.0 Å². The predicted octanol–water partition coefficient (Wildman–Crippen LogP) is 3.90. The van der Waals surface area contributed by atoms with Crippen LogP contribution in [0.1, 0.15) is 36.8 Å². The summed E-state index contributed by atoms with van der Waals surface area (Å²) < 4.78 is 5.29. The van der Waals surface area contributed by atoms with Crippen LogP contribution in [-0.2, 0) is 6.42 Å². The van der Waals surface area contributed by atoms with Crippen molar-refractivity contribution in [2.75, 3.05) is 7.11 Å². The van der Waals surface area contributed by atoms with E-state index < -0.39 is 0 Å². The van der Waals surface area contributed by atoms with Gasteiger partial charge in [-0.1, -0.05) is 28.9 Å². The zero-order valence-corrected chi connectivity index (χ0v) is 10.9. The van der Waals surface area contributed by atoms with Gasteiger partial charge in [0.1, 0.15) is 5.75 Å². The average molecular weight is 269 g/mol. The van der Waals surface area contributed by atoms with Crippen LogP contribution in [0.25, 0.3) is 0 Å². The first-order chi connectivity index (χ1) is 7.22. The van der Waals surface area contributed by atoms with Gasteiger partial charge in [-0.05, 0) is 48.4 Å². The Morgan fingerprint density at radius 2 is 2.27 bits per heavy atom. The van der Waals surface area contributed by atoms with Gasteiger partial charge in [-0.25, -0.2) is 0 Å². The van der Waals surface area contributed by atoms with Crippen molar-refractivity contribution in [3.63, 3.8) is 0 Å². The summed E-state index contributed by atoms with van der Waals surface area (Å²) in [5, 5.41) is 0. The predicted molar refractivity (Wildman–Crippen MR) is 67.1 cm³/mol. The summed E-state index contributed by atoms with van der Waals surface area (Å²) in [5.41, 5.74) is 2.98. The average Bonchev–Trinajstić information content (AvgIpc) is 2.27. The van der Waals surface area contributed by atoms with Crippen LogP contribution in [0.2, 0.25) is 0 Å². The maximum absolute atomic E-state index is 5.29. The Morgan fingerprint density at radius 3 is 2.93 bits per heavy atom. The fraction of sp³-hybridized carbons (Fsp3) is 0.538. The first-order valence-corrected chi connectivity index (χ1v) is 6.45. The largest absolute Gasteiger partial charge is 0.497 e. The first kappa shape index (κ1) is 11.0. The number of methoxy groups -OCH3 is 1. The molecule has 0 radical (unpaired) electrons. The van der Waals surface area contributed by atoms with Gasteiger partial charge in [0.15, 0.2) is 0 Å². The lowest BCUT2D eigenvalue weighted by atomic mass is 9.81. The second-order valence-electron chi connectivity index (χ2n) is 4.24. The Kier molecular flexibility index (Phi) is 3.35. The highest BCUT2D eigenvalue weighted by molar-refractivity contribution is 9.09. The van der Waals surface area contributed by atoms with Gasteiger partial charge in [0.05, 0.1) is 7.11 Å². The number of aryl methyl sites for hydroxylation is 1. The molecular formula is C13H17BrO. The molecule has 82 valence electrons. The molecule has 0 saturated carbocycles. The first-order valence-electron chi connectivity index (χ1n) is 5.53. The highest BCUT2D eigenvalue weighted by Crippen LogP contribution is 2.38. The minimum Gasteiger partial charge on any atom is -0.497 e. The second-order valence-corrected chi connectivity index (χ2v) is 5.69. The van der Waals surface area contributed by atoms with Gasteiger partial charge in [-0.15, -0.1) is 0 Å². The Balaban J connectivity index is 2.39. The van der Waals surface area contributed by atoms with E-state index in [2.05, 4.69) is 41.1 Å². The van der Waals surface area contributed by atoms with Crippen molar-refractivity contribution in [2.45, 2.75) is 36.9 Å². The van der Waals surface area contributed by atoms with Crippen LogP contribution in [-0.4, -0.2) is 11.9 Å². The number of benzene rings is 1. The van der Waals surface area contributed by atoms with Crippen LogP contribution in [0.4, 0.5) is 0 Å². The Morgan fingerprint density at radius 1 is 1.47 bits per heavy atom. The van der Waals surface area contributed by atoms with Gasteiger partial charge in [0.25, 0.3) is 0 Å². The summed E-state index contributed by atoms with van der Waals surface area (Å²) in [6.07, 6.45) is 3.81. The molecule has 0 aliphatic heterocycles. The monoisotopic (exact) mass is 268 g/mol. The molecule has 1 aliphatic rings. The summed E-state index contributed by atoms with van der Waals surface area (Å²) in [7, 11) is 1.73. The van der Waals surface area contributed by atoms with Crippen LogP contribution in [0, 0.1) is 0 Å². The summed E-state index contributed by atoms with van der Waals surface area (Å²) in [6.45, 7) is 2.24. The molecule has 0 N–H and O–H groups in total. The third-order valence-electron chi connectivity index (χ3n) is 3.27. The van der Waals surface area contributed by atoms with Crippen LogP contribution in [0.15, 0.2) is 18.2 Å².